The fourth-order valence-corrected chi connectivity index (χ4v) is 2.52. The van der Waals surface area contributed by atoms with E-state index >= 15 is 0 Å². The second-order valence-electron chi connectivity index (χ2n) is 5.09. The molecular weight excluding hydrogens is 248 g/mol. The Kier molecular flexibility index (Phi) is 5.28. The summed E-state index contributed by atoms with van der Waals surface area (Å²) in [7, 11) is 0. The summed E-state index contributed by atoms with van der Waals surface area (Å²) in [6.07, 6.45) is 4.62. The van der Waals surface area contributed by atoms with Gasteiger partial charge in [0.1, 0.15) is 11.6 Å². The molecule has 4 heteroatoms. The van der Waals surface area contributed by atoms with Crippen LogP contribution in [0, 0.1) is 11.6 Å². The average molecular weight is 269 g/mol. The van der Waals surface area contributed by atoms with E-state index in [0.717, 1.165) is 25.9 Å². The van der Waals surface area contributed by atoms with E-state index < -0.39 is 11.6 Å². The van der Waals surface area contributed by atoms with Crippen LogP contribution in [0.2, 0.25) is 0 Å². The van der Waals surface area contributed by atoms with Gasteiger partial charge < -0.3 is 10.1 Å². The zero-order valence-corrected chi connectivity index (χ0v) is 11.3. The molecule has 0 saturated carbocycles. The first kappa shape index (κ1) is 14.4. The van der Waals surface area contributed by atoms with Crippen LogP contribution in [-0.2, 0) is 4.74 Å². The lowest BCUT2D eigenvalue weighted by molar-refractivity contribution is 0.0112. The second kappa shape index (κ2) is 6.96. The van der Waals surface area contributed by atoms with E-state index in [2.05, 4.69) is 5.32 Å². The van der Waals surface area contributed by atoms with Crippen molar-refractivity contribution in [3.8, 4) is 0 Å². The van der Waals surface area contributed by atoms with Crippen LogP contribution in [0.25, 0.3) is 0 Å². The van der Waals surface area contributed by atoms with Gasteiger partial charge in [0.2, 0.25) is 0 Å². The Morgan fingerprint density at radius 1 is 1.32 bits per heavy atom. The fraction of sp³-hybridized carbons (Fsp3) is 0.600. The minimum atomic E-state index is -0.492. The highest BCUT2D eigenvalue weighted by Crippen LogP contribution is 2.21. The molecule has 2 nitrogen and oxygen atoms in total. The Hall–Kier alpha value is -1.00. The summed E-state index contributed by atoms with van der Waals surface area (Å²) >= 11 is 0. The Bertz CT molecular complexity index is 385. The molecule has 1 aromatic carbocycles. The van der Waals surface area contributed by atoms with E-state index in [1.165, 1.54) is 24.6 Å². The molecule has 1 aromatic rings. The maximum atomic E-state index is 13.6. The summed E-state index contributed by atoms with van der Waals surface area (Å²) in [4.78, 5) is 0. The first-order chi connectivity index (χ1) is 9.18. The quantitative estimate of drug-likeness (QED) is 0.882. The van der Waals surface area contributed by atoms with Crippen molar-refractivity contribution in [2.24, 2.45) is 0 Å². The summed E-state index contributed by atoms with van der Waals surface area (Å²) in [5.41, 5.74) is 0.118. The van der Waals surface area contributed by atoms with Gasteiger partial charge in [0.25, 0.3) is 0 Å². The Morgan fingerprint density at radius 3 is 2.68 bits per heavy atom. The maximum Gasteiger partial charge on any atom is 0.130 e. The van der Waals surface area contributed by atoms with Crippen molar-refractivity contribution in [3.05, 3.63) is 35.4 Å². The lowest BCUT2D eigenvalue weighted by atomic mass is 10.0. The van der Waals surface area contributed by atoms with E-state index in [1.54, 1.807) is 6.92 Å². The zero-order valence-electron chi connectivity index (χ0n) is 11.3. The van der Waals surface area contributed by atoms with E-state index in [9.17, 15) is 8.78 Å². The van der Waals surface area contributed by atoms with Gasteiger partial charge in [-0.1, -0.05) is 6.07 Å². The van der Waals surface area contributed by atoms with Crippen molar-refractivity contribution in [2.45, 2.75) is 44.8 Å². The smallest absolute Gasteiger partial charge is 0.130 e. The molecule has 0 radical (unpaired) electrons. The minimum Gasteiger partial charge on any atom is -0.378 e. The van der Waals surface area contributed by atoms with Crippen LogP contribution in [0.5, 0.6) is 0 Å². The summed E-state index contributed by atoms with van der Waals surface area (Å²) in [5, 5.41) is 3.17. The first-order valence-electron chi connectivity index (χ1n) is 6.97. The Balaban J connectivity index is 1.82. The first-order valence-corrected chi connectivity index (χ1v) is 6.97. The standard InChI is InChI=1S/C15H21F2NO/c1-11(15-13(16)6-4-7-14(15)17)18-9-8-12-5-2-3-10-19-12/h4,6-7,11-12,18H,2-3,5,8-10H2,1H3. The maximum absolute atomic E-state index is 13.6. The van der Waals surface area contributed by atoms with Crippen LogP contribution in [0.15, 0.2) is 18.2 Å². The van der Waals surface area contributed by atoms with Gasteiger partial charge in [-0.3, -0.25) is 0 Å². The van der Waals surface area contributed by atoms with Crippen molar-refractivity contribution in [3.63, 3.8) is 0 Å². The van der Waals surface area contributed by atoms with Gasteiger partial charge in [0, 0.05) is 18.2 Å². The van der Waals surface area contributed by atoms with Crippen LogP contribution in [-0.4, -0.2) is 19.3 Å². The van der Waals surface area contributed by atoms with Crippen LogP contribution in [0.1, 0.15) is 44.2 Å². The summed E-state index contributed by atoms with van der Waals surface area (Å²) in [6, 6.07) is 3.64. The predicted octanol–water partition coefficient (Wildman–Crippen LogP) is 3.57. The van der Waals surface area contributed by atoms with Crippen molar-refractivity contribution < 1.29 is 13.5 Å². The molecule has 1 N–H and O–H groups in total. The van der Waals surface area contributed by atoms with Crippen LogP contribution in [0.4, 0.5) is 8.78 Å². The van der Waals surface area contributed by atoms with Gasteiger partial charge in [-0.2, -0.15) is 0 Å². The van der Waals surface area contributed by atoms with E-state index in [-0.39, 0.29) is 11.6 Å². The fourth-order valence-electron chi connectivity index (χ4n) is 2.52. The Labute approximate surface area is 113 Å². The van der Waals surface area contributed by atoms with Gasteiger partial charge in [-0.15, -0.1) is 0 Å². The average Bonchev–Trinajstić information content (AvgIpc) is 2.40. The molecule has 0 aromatic heterocycles. The molecule has 1 saturated heterocycles. The van der Waals surface area contributed by atoms with E-state index in [4.69, 9.17) is 4.74 Å². The van der Waals surface area contributed by atoms with Gasteiger partial charge in [-0.05, 0) is 51.3 Å². The SMILES string of the molecule is CC(NCCC1CCCCO1)c1c(F)cccc1F. The molecule has 106 valence electrons. The van der Waals surface area contributed by atoms with Crippen LogP contribution in [0.3, 0.4) is 0 Å². The van der Waals surface area contributed by atoms with Crippen molar-refractivity contribution in [1.82, 2.24) is 5.32 Å². The van der Waals surface area contributed by atoms with Gasteiger partial charge >= 0.3 is 0 Å². The number of hydrogen-bond donors (Lipinski definition) is 1. The number of ether oxygens (including phenoxy) is 1. The second-order valence-corrected chi connectivity index (χ2v) is 5.09. The third-order valence-electron chi connectivity index (χ3n) is 3.62. The number of benzene rings is 1. The molecule has 1 fully saturated rings. The van der Waals surface area contributed by atoms with Crippen LogP contribution < -0.4 is 5.32 Å². The van der Waals surface area contributed by atoms with Gasteiger partial charge in [0.15, 0.2) is 0 Å². The molecule has 1 aliphatic heterocycles. The molecule has 1 aliphatic rings. The molecular formula is C15H21F2NO. The highest BCUT2D eigenvalue weighted by molar-refractivity contribution is 5.22. The number of halogens is 2. The number of rotatable bonds is 5. The number of hydrogen-bond acceptors (Lipinski definition) is 2. The summed E-state index contributed by atoms with van der Waals surface area (Å²) in [6.45, 7) is 3.32. The zero-order chi connectivity index (χ0) is 13.7. The lowest BCUT2D eigenvalue weighted by Crippen LogP contribution is -2.27. The third-order valence-corrected chi connectivity index (χ3v) is 3.62. The topological polar surface area (TPSA) is 21.3 Å². The van der Waals surface area contributed by atoms with Crippen molar-refractivity contribution >= 4 is 0 Å². The molecule has 0 bridgehead atoms. The summed E-state index contributed by atoms with van der Waals surface area (Å²) in [5.74, 6) is -0.983. The number of nitrogens with one attached hydrogen (secondary N) is 1. The normalized spacial score (nSPS) is 21.3. The van der Waals surface area contributed by atoms with Crippen LogP contribution >= 0.6 is 0 Å². The largest absolute Gasteiger partial charge is 0.378 e. The molecule has 19 heavy (non-hydrogen) atoms. The molecule has 1 heterocycles. The van der Waals surface area contributed by atoms with E-state index in [0.29, 0.717) is 12.6 Å². The predicted molar refractivity (Wildman–Crippen MR) is 71.0 cm³/mol. The highest BCUT2D eigenvalue weighted by atomic mass is 19.1. The molecule has 0 amide bonds. The highest BCUT2D eigenvalue weighted by Gasteiger charge is 2.17. The summed E-state index contributed by atoms with van der Waals surface area (Å²) < 4.78 is 32.8. The lowest BCUT2D eigenvalue weighted by Gasteiger charge is -2.23. The monoisotopic (exact) mass is 269 g/mol. The molecule has 2 rings (SSSR count). The van der Waals surface area contributed by atoms with Crippen molar-refractivity contribution in [1.29, 1.82) is 0 Å². The molecule has 0 aliphatic carbocycles. The molecule has 0 spiro atoms. The van der Waals surface area contributed by atoms with E-state index in [1.807, 2.05) is 0 Å². The van der Waals surface area contributed by atoms with Gasteiger partial charge in [0.05, 0.1) is 6.10 Å². The third kappa shape index (κ3) is 3.98. The van der Waals surface area contributed by atoms with Gasteiger partial charge in [-0.25, -0.2) is 8.78 Å². The molecule has 2 atom stereocenters. The minimum absolute atomic E-state index is 0.118. The Morgan fingerprint density at radius 2 is 2.05 bits per heavy atom. The van der Waals surface area contributed by atoms with Crippen molar-refractivity contribution in [2.75, 3.05) is 13.2 Å². The molecule has 2 unspecified atom stereocenters.